The number of ether oxygens (including phenoxy) is 2. The predicted octanol–water partition coefficient (Wildman–Crippen LogP) is 5.11. The summed E-state index contributed by atoms with van der Waals surface area (Å²) in [6.07, 6.45) is 1.52. The van der Waals surface area contributed by atoms with Gasteiger partial charge in [-0.05, 0) is 37.9 Å². The van der Waals surface area contributed by atoms with E-state index < -0.39 is 0 Å². The van der Waals surface area contributed by atoms with Crippen molar-refractivity contribution in [2.24, 2.45) is 0 Å². The minimum Gasteiger partial charge on any atom is -0.480 e. The molecule has 0 radical (unpaired) electrons. The third-order valence-electron chi connectivity index (χ3n) is 2.06. The van der Waals surface area contributed by atoms with Crippen molar-refractivity contribution in [2.45, 2.75) is 0 Å². The van der Waals surface area contributed by atoms with Gasteiger partial charge < -0.3 is 9.47 Å². The van der Waals surface area contributed by atoms with Gasteiger partial charge in [0.2, 0.25) is 5.88 Å². The highest BCUT2D eigenvalue weighted by molar-refractivity contribution is 9.10. The summed E-state index contributed by atoms with van der Waals surface area (Å²) in [5, 5.41) is 0.866. The molecule has 0 amide bonds. The highest BCUT2D eigenvalue weighted by Crippen LogP contribution is 2.36. The van der Waals surface area contributed by atoms with Gasteiger partial charge >= 0.3 is 6.01 Å². The van der Waals surface area contributed by atoms with Crippen LogP contribution >= 0.6 is 55.1 Å². The van der Waals surface area contributed by atoms with Gasteiger partial charge in [-0.3, -0.25) is 0 Å². The maximum atomic E-state index is 6.05. The molecule has 1 aromatic carbocycles. The Bertz CT molecular complexity index is 626. The molecule has 2 rings (SSSR count). The van der Waals surface area contributed by atoms with Crippen molar-refractivity contribution in [3.05, 3.63) is 37.3 Å². The molecule has 1 aromatic heterocycles. The fraction of sp³-hybridized carbons (Fsp3) is 0.0909. The zero-order valence-electron chi connectivity index (χ0n) is 9.45. The van der Waals surface area contributed by atoms with E-state index in [-0.39, 0.29) is 6.01 Å². The lowest BCUT2D eigenvalue weighted by Crippen LogP contribution is -1.96. The summed E-state index contributed by atoms with van der Waals surface area (Å²) in [5.41, 5.74) is 0. The first-order valence-corrected chi connectivity index (χ1v) is 7.24. The number of methoxy groups -OCH3 is 1. The van der Waals surface area contributed by atoms with Crippen LogP contribution in [0.1, 0.15) is 0 Å². The summed E-state index contributed by atoms with van der Waals surface area (Å²) in [7, 11) is 1.50. The van der Waals surface area contributed by atoms with E-state index in [2.05, 4.69) is 41.8 Å². The van der Waals surface area contributed by atoms with Gasteiger partial charge in [-0.1, -0.05) is 23.2 Å². The molecule has 0 atom stereocenters. The van der Waals surface area contributed by atoms with Crippen LogP contribution in [0.2, 0.25) is 10.0 Å². The van der Waals surface area contributed by atoms with E-state index in [9.17, 15) is 0 Å². The molecule has 0 spiro atoms. The van der Waals surface area contributed by atoms with Crippen molar-refractivity contribution in [1.82, 2.24) is 9.97 Å². The Hall–Kier alpha value is -0.560. The van der Waals surface area contributed by atoms with Gasteiger partial charge in [0.25, 0.3) is 0 Å². The van der Waals surface area contributed by atoms with Gasteiger partial charge in [-0.15, -0.1) is 0 Å². The Morgan fingerprint density at radius 2 is 1.84 bits per heavy atom. The van der Waals surface area contributed by atoms with Crippen LogP contribution in [0.4, 0.5) is 0 Å². The minimum absolute atomic E-state index is 0.111. The Morgan fingerprint density at radius 1 is 1.11 bits per heavy atom. The molecular weight excluding hydrogens is 423 g/mol. The molecule has 2 aromatic rings. The molecule has 0 N–H and O–H groups in total. The monoisotopic (exact) mass is 426 g/mol. The maximum Gasteiger partial charge on any atom is 0.325 e. The van der Waals surface area contributed by atoms with Crippen molar-refractivity contribution in [3.63, 3.8) is 0 Å². The van der Waals surface area contributed by atoms with E-state index in [0.717, 1.165) is 0 Å². The van der Waals surface area contributed by atoms with Gasteiger partial charge in [0.15, 0.2) is 5.75 Å². The number of hydrogen-bond acceptors (Lipinski definition) is 4. The van der Waals surface area contributed by atoms with E-state index in [0.29, 0.717) is 30.6 Å². The van der Waals surface area contributed by atoms with Crippen LogP contribution in [0.15, 0.2) is 27.3 Å². The third-order valence-corrected chi connectivity index (χ3v) is 4.10. The van der Waals surface area contributed by atoms with Crippen molar-refractivity contribution in [3.8, 4) is 17.6 Å². The SMILES string of the molecule is COc1nc(Oc2cc(Cl)c(Br)cc2Cl)ncc1Br. The molecule has 0 aliphatic heterocycles. The summed E-state index contributed by atoms with van der Waals surface area (Å²) < 4.78 is 11.8. The van der Waals surface area contributed by atoms with E-state index in [1.165, 1.54) is 13.3 Å². The van der Waals surface area contributed by atoms with E-state index in [1.807, 2.05) is 0 Å². The maximum absolute atomic E-state index is 6.05. The van der Waals surface area contributed by atoms with Crippen molar-refractivity contribution >= 4 is 55.1 Å². The normalized spacial score (nSPS) is 10.4. The molecule has 100 valence electrons. The summed E-state index contributed by atoms with van der Waals surface area (Å²) in [4.78, 5) is 8.07. The zero-order chi connectivity index (χ0) is 14.0. The van der Waals surface area contributed by atoms with Crippen LogP contribution in [0, 0.1) is 0 Å². The topological polar surface area (TPSA) is 44.2 Å². The van der Waals surface area contributed by atoms with Crippen LogP contribution in [0.5, 0.6) is 17.6 Å². The van der Waals surface area contributed by atoms with Crippen LogP contribution in [-0.4, -0.2) is 17.1 Å². The molecule has 1 heterocycles. The number of hydrogen-bond donors (Lipinski definition) is 0. The first kappa shape index (κ1) is 14.8. The average molecular weight is 429 g/mol. The summed E-state index contributed by atoms with van der Waals surface area (Å²) in [6, 6.07) is 3.32. The highest BCUT2D eigenvalue weighted by Gasteiger charge is 2.11. The Balaban J connectivity index is 2.33. The second-order valence-corrected chi connectivity index (χ2v) is 5.83. The van der Waals surface area contributed by atoms with Crippen LogP contribution in [0.3, 0.4) is 0 Å². The lowest BCUT2D eigenvalue weighted by atomic mass is 10.3. The fourth-order valence-electron chi connectivity index (χ4n) is 1.21. The van der Waals surface area contributed by atoms with E-state index in [1.54, 1.807) is 12.1 Å². The summed E-state index contributed by atoms with van der Waals surface area (Å²) in [5.74, 6) is 0.726. The molecule has 0 aliphatic carbocycles. The molecule has 19 heavy (non-hydrogen) atoms. The molecule has 8 heteroatoms. The summed E-state index contributed by atoms with van der Waals surface area (Å²) in [6.45, 7) is 0. The Morgan fingerprint density at radius 3 is 2.53 bits per heavy atom. The largest absolute Gasteiger partial charge is 0.480 e. The Kier molecular flexibility index (Phi) is 4.89. The molecule has 0 saturated heterocycles. The van der Waals surface area contributed by atoms with Gasteiger partial charge in [-0.25, -0.2) is 4.98 Å². The number of benzene rings is 1. The van der Waals surface area contributed by atoms with Gasteiger partial charge in [0.1, 0.15) is 0 Å². The second kappa shape index (κ2) is 6.26. The molecular formula is C11H6Br2Cl2N2O2. The highest BCUT2D eigenvalue weighted by atomic mass is 79.9. The first-order valence-electron chi connectivity index (χ1n) is 4.90. The number of rotatable bonds is 3. The lowest BCUT2D eigenvalue weighted by Gasteiger charge is -2.08. The molecule has 0 aliphatic rings. The number of nitrogens with zero attached hydrogens (tertiary/aromatic N) is 2. The van der Waals surface area contributed by atoms with Crippen LogP contribution in [-0.2, 0) is 0 Å². The van der Waals surface area contributed by atoms with Crippen LogP contribution < -0.4 is 9.47 Å². The van der Waals surface area contributed by atoms with E-state index >= 15 is 0 Å². The van der Waals surface area contributed by atoms with Crippen molar-refractivity contribution < 1.29 is 9.47 Å². The zero-order valence-corrected chi connectivity index (χ0v) is 14.1. The van der Waals surface area contributed by atoms with Crippen LogP contribution in [0.25, 0.3) is 0 Å². The average Bonchev–Trinajstić information content (AvgIpc) is 2.38. The summed E-state index contributed by atoms with van der Waals surface area (Å²) >= 11 is 18.5. The predicted molar refractivity (Wildman–Crippen MR) is 80.5 cm³/mol. The molecule has 4 nitrogen and oxygen atoms in total. The quantitative estimate of drug-likeness (QED) is 0.637. The van der Waals surface area contributed by atoms with Crippen molar-refractivity contribution in [2.75, 3.05) is 7.11 Å². The minimum atomic E-state index is 0.111. The second-order valence-electron chi connectivity index (χ2n) is 3.31. The molecule has 0 bridgehead atoms. The Labute approximate surface area is 136 Å². The molecule has 0 unspecified atom stereocenters. The number of aromatic nitrogens is 2. The van der Waals surface area contributed by atoms with Gasteiger partial charge in [0.05, 0.1) is 27.8 Å². The van der Waals surface area contributed by atoms with Gasteiger partial charge in [-0.2, -0.15) is 4.98 Å². The standard InChI is InChI=1S/C11H6Br2Cl2N2O2/c1-18-10-6(13)4-16-11(17-10)19-9-3-7(14)5(12)2-8(9)15/h2-4H,1H3. The lowest BCUT2D eigenvalue weighted by molar-refractivity contribution is 0.373. The smallest absolute Gasteiger partial charge is 0.325 e. The van der Waals surface area contributed by atoms with Gasteiger partial charge in [0, 0.05) is 10.5 Å². The van der Waals surface area contributed by atoms with Crippen molar-refractivity contribution in [1.29, 1.82) is 0 Å². The molecule has 0 saturated carbocycles. The number of halogens is 4. The first-order chi connectivity index (χ1) is 9.01. The van der Waals surface area contributed by atoms with E-state index in [4.69, 9.17) is 32.7 Å². The molecule has 0 fully saturated rings. The third kappa shape index (κ3) is 3.51. The fourth-order valence-corrected chi connectivity index (χ4v) is 2.39.